The van der Waals surface area contributed by atoms with E-state index >= 15 is 0 Å². The highest BCUT2D eigenvalue weighted by Crippen LogP contribution is 2.35. The molecule has 1 aromatic carbocycles. The monoisotopic (exact) mass is 304 g/mol. The van der Waals surface area contributed by atoms with E-state index in [1.54, 1.807) is 19.1 Å². The van der Waals surface area contributed by atoms with E-state index in [9.17, 15) is 8.42 Å². The van der Waals surface area contributed by atoms with Gasteiger partial charge < -0.3 is 0 Å². The Morgan fingerprint density at radius 1 is 1.44 bits per heavy atom. The van der Waals surface area contributed by atoms with Crippen molar-refractivity contribution in [2.45, 2.75) is 30.1 Å². The van der Waals surface area contributed by atoms with Crippen molar-refractivity contribution >= 4 is 38.6 Å². The molecule has 0 unspecified atom stereocenters. The van der Waals surface area contributed by atoms with Gasteiger partial charge in [-0.25, -0.2) is 8.42 Å². The van der Waals surface area contributed by atoms with Crippen LogP contribution in [0.25, 0.3) is 0 Å². The third kappa shape index (κ3) is 2.65. The maximum absolute atomic E-state index is 12.1. The Morgan fingerprint density at radius 2 is 2.17 bits per heavy atom. The van der Waals surface area contributed by atoms with Crippen LogP contribution in [0.2, 0.25) is 5.02 Å². The molecule has 0 aliphatic carbocycles. The van der Waals surface area contributed by atoms with Crippen molar-refractivity contribution in [3.63, 3.8) is 0 Å². The summed E-state index contributed by atoms with van der Waals surface area (Å²) in [6, 6.07) is 3.26. The smallest absolute Gasteiger partial charge is 0.262 e. The number of hydrogen-bond donors (Lipinski definition) is 1. The molecule has 18 heavy (non-hydrogen) atoms. The molecule has 98 valence electrons. The largest absolute Gasteiger partial charge is 0.264 e. The number of rotatable bonds is 2. The van der Waals surface area contributed by atoms with Crippen molar-refractivity contribution in [3.8, 4) is 0 Å². The first kappa shape index (κ1) is 13.7. The van der Waals surface area contributed by atoms with E-state index in [4.69, 9.17) is 11.6 Å². The summed E-state index contributed by atoms with van der Waals surface area (Å²) in [4.78, 5) is 5.09. The molecule has 0 fully saturated rings. The lowest BCUT2D eigenvalue weighted by Crippen LogP contribution is -2.32. The van der Waals surface area contributed by atoms with Gasteiger partial charge in [-0.2, -0.15) is 0 Å². The van der Waals surface area contributed by atoms with Crippen LogP contribution in [-0.4, -0.2) is 20.1 Å². The van der Waals surface area contributed by atoms with Crippen LogP contribution in [0, 0.1) is 6.92 Å². The van der Waals surface area contributed by atoms with Crippen molar-refractivity contribution in [1.29, 1.82) is 0 Å². The Kier molecular flexibility index (Phi) is 3.89. The molecule has 1 heterocycles. The highest BCUT2D eigenvalue weighted by Gasteiger charge is 2.28. The second-order valence-electron chi connectivity index (χ2n) is 3.94. The third-order valence-corrected chi connectivity index (χ3v) is 5.45. The molecular weight excluding hydrogens is 292 g/mol. The summed E-state index contributed by atoms with van der Waals surface area (Å²) >= 11 is 7.32. The van der Waals surface area contributed by atoms with Gasteiger partial charge in [0, 0.05) is 16.5 Å². The fourth-order valence-corrected chi connectivity index (χ4v) is 4.44. The predicted octanol–water partition coefficient (Wildman–Crippen LogP) is 2.80. The fourth-order valence-electron chi connectivity index (χ4n) is 1.50. The van der Waals surface area contributed by atoms with E-state index in [0.29, 0.717) is 21.6 Å². The van der Waals surface area contributed by atoms with Crippen molar-refractivity contribution in [3.05, 3.63) is 22.7 Å². The molecule has 0 saturated heterocycles. The summed E-state index contributed by atoms with van der Waals surface area (Å²) in [5, 5.41) is 0.970. The number of nitrogens with zero attached hydrogens (tertiary/aromatic N) is 1. The average molecular weight is 305 g/mol. The van der Waals surface area contributed by atoms with Crippen LogP contribution in [0.3, 0.4) is 0 Å². The zero-order valence-electron chi connectivity index (χ0n) is 10.0. The van der Waals surface area contributed by atoms with Gasteiger partial charge in [0.05, 0.1) is 0 Å². The number of thioether (sulfide) groups is 1. The van der Waals surface area contributed by atoms with Crippen LogP contribution in [0.4, 0.5) is 0 Å². The van der Waals surface area contributed by atoms with Crippen LogP contribution < -0.4 is 4.72 Å². The molecule has 1 aliphatic heterocycles. The van der Waals surface area contributed by atoms with Crippen LogP contribution in [0.15, 0.2) is 26.9 Å². The Balaban J connectivity index is 2.50. The van der Waals surface area contributed by atoms with Crippen LogP contribution in [0.1, 0.15) is 18.9 Å². The molecule has 1 N–H and O–H groups in total. The van der Waals surface area contributed by atoms with Gasteiger partial charge in [-0.3, -0.25) is 9.71 Å². The maximum atomic E-state index is 12.1. The SMILES string of the molecule is CCCN=C1NS(=O)(=O)c2cc(C)c(Cl)cc2S1. The number of aliphatic imine (C=N–C) groups is 1. The molecule has 0 saturated carbocycles. The zero-order chi connectivity index (χ0) is 13.3. The molecule has 1 aliphatic rings. The third-order valence-electron chi connectivity index (χ3n) is 2.42. The minimum absolute atomic E-state index is 0.268. The van der Waals surface area contributed by atoms with Crippen LogP contribution >= 0.6 is 23.4 Å². The number of fused-ring (bicyclic) bond motifs is 1. The first-order valence-corrected chi connectivity index (χ1v) is 8.17. The molecule has 0 bridgehead atoms. The first-order chi connectivity index (χ1) is 8.44. The van der Waals surface area contributed by atoms with Gasteiger partial charge in [-0.1, -0.05) is 30.3 Å². The summed E-state index contributed by atoms with van der Waals surface area (Å²) < 4.78 is 26.6. The highest BCUT2D eigenvalue weighted by atomic mass is 35.5. The van der Waals surface area contributed by atoms with E-state index in [2.05, 4.69) is 9.71 Å². The van der Waals surface area contributed by atoms with Gasteiger partial charge in [0.15, 0.2) is 5.17 Å². The van der Waals surface area contributed by atoms with Gasteiger partial charge in [0.25, 0.3) is 10.0 Å². The number of benzene rings is 1. The molecule has 0 amide bonds. The van der Waals surface area contributed by atoms with Crippen LogP contribution in [0.5, 0.6) is 0 Å². The molecule has 0 spiro atoms. The van der Waals surface area contributed by atoms with Crippen molar-refractivity contribution < 1.29 is 8.42 Å². The lowest BCUT2D eigenvalue weighted by molar-refractivity contribution is 0.590. The van der Waals surface area contributed by atoms with Crippen molar-refractivity contribution in [2.24, 2.45) is 4.99 Å². The maximum Gasteiger partial charge on any atom is 0.264 e. The van der Waals surface area contributed by atoms with Crippen molar-refractivity contribution in [1.82, 2.24) is 4.72 Å². The normalized spacial score (nSPS) is 19.4. The van der Waals surface area contributed by atoms with Crippen molar-refractivity contribution in [2.75, 3.05) is 6.54 Å². The minimum Gasteiger partial charge on any atom is -0.262 e. The summed E-state index contributed by atoms with van der Waals surface area (Å²) in [5.74, 6) is 0. The van der Waals surface area contributed by atoms with E-state index in [1.807, 2.05) is 6.92 Å². The Hall–Kier alpha value is -0.720. The summed E-state index contributed by atoms with van der Waals surface area (Å²) in [6.07, 6.45) is 0.868. The topological polar surface area (TPSA) is 58.5 Å². The molecule has 7 heteroatoms. The van der Waals surface area contributed by atoms with Gasteiger partial charge in [-0.15, -0.1) is 0 Å². The number of halogens is 1. The lowest BCUT2D eigenvalue weighted by Gasteiger charge is -2.20. The Labute approximate surface area is 116 Å². The number of hydrogen-bond acceptors (Lipinski definition) is 4. The van der Waals surface area contributed by atoms with Crippen LogP contribution in [-0.2, 0) is 10.0 Å². The van der Waals surface area contributed by atoms with Gasteiger partial charge in [-0.05, 0) is 31.0 Å². The predicted molar refractivity (Wildman–Crippen MR) is 75.0 cm³/mol. The van der Waals surface area contributed by atoms with Gasteiger partial charge in [0.2, 0.25) is 0 Å². The fraction of sp³-hybridized carbons (Fsp3) is 0.364. The van der Waals surface area contributed by atoms with E-state index in [-0.39, 0.29) is 4.90 Å². The second kappa shape index (κ2) is 5.11. The zero-order valence-corrected chi connectivity index (χ0v) is 12.4. The second-order valence-corrected chi connectivity index (χ2v) is 7.03. The standard InChI is InChI=1S/C11H13ClN2O2S2/c1-3-4-13-11-14-18(15,16)10-5-7(2)8(12)6-9(10)17-11/h5-6H,3-4H2,1-2H3,(H,13,14). The Morgan fingerprint density at radius 3 is 2.83 bits per heavy atom. The van der Waals surface area contributed by atoms with E-state index in [1.165, 1.54) is 11.8 Å². The molecule has 1 aromatic rings. The Bertz CT molecular complexity index is 612. The molecular formula is C11H13ClN2O2S2. The lowest BCUT2D eigenvalue weighted by atomic mass is 10.2. The van der Waals surface area contributed by atoms with Gasteiger partial charge >= 0.3 is 0 Å². The molecule has 0 aromatic heterocycles. The molecule has 4 nitrogen and oxygen atoms in total. The quantitative estimate of drug-likeness (QED) is 0.914. The molecule has 2 rings (SSSR count). The summed E-state index contributed by atoms with van der Waals surface area (Å²) in [5.41, 5.74) is 0.746. The molecule has 0 radical (unpaired) electrons. The summed E-state index contributed by atoms with van der Waals surface area (Å²) in [6.45, 7) is 4.36. The number of amidine groups is 1. The average Bonchev–Trinajstić information content (AvgIpc) is 2.28. The van der Waals surface area contributed by atoms with Gasteiger partial charge in [0.1, 0.15) is 4.90 Å². The van der Waals surface area contributed by atoms with E-state index < -0.39 is 10.0 Å². The first-order valence-electron chi connectivity index (χ1n) is 5.49. The number of nitrogens with one attached hydrogen (secondary N) is 1. The number of aryl methyl sites for hydroxylation is 1. The minimum atomic E-state index is -3.52. The van der Waals surface area contributed by atoms with E-state index in [0.717, 1.165) is 12.0 Å². The molecule has 0 atom stereocenters. The number of sulfonamides is 1. The highest BCUT2D eigenvalue weighted by molar-refractivity contribution is 8.16. The summed E-state index contributed by atoms with van der Waals surface area (Å²) in [7, 11) is -3.52.